The summed E-state index contributed by atoms with van der Waals surface area (Å²) in [7, 11) is -2.93. The molecule has 0 aromatic rings. The van der Waals surface area contributed by atoms with Gasteiger partial charge in [0.2, 0.25) is 10.0 Å². The molecule has 2 atom stereocenters. The second kappa shape index (κ2) is 3.22. The van der Waals surface area contributed by atoms with E-state index in [2.05, 4.69) is 5.32 Å². The van der Waals surface area contributed by atoms with Crippen LogP contribution in [0.15, 0.2) is 0 Å². The second-order valence-corrected chi connectivity index (χ2v) is 6.15. The molecule has 2 heterocycles. The average Bonchev–Trinajstić information content (AvgIpc) is 2.61. The number of rotatable bonds is 2. The summed E-state index contributed by atoms with van der Waals surface area (Å²) in [6.07, 6.45) is 0. The summed E-state index contributed by atoms with van der Waals surface area (Å²) in [5, 5.41) is 3.29. The van der Waals surface area contributed by atoms with E-state index in [0.29, 0.717) is 11.8 Å². The van der Waals surface area contributed by atoms with Crippen molar-refractivity contribution in [3.63, 3.8) is 0 Å². The van der Waals surface area contributed by atoms with Crippen molar-refractivity contribution in [1.29, 1.82) is 0 Å². The van der Waals surface area contributed by atoms with E-state index in [1.165, 1.54) is 0 Å². The lowest BCUT2D eigenvalue weighted by Crippen LogP contribution is -2.32. The molecule has 2 aliphatic heterocycles. The van der Waals surface area contributed by atoms with Crippen molar-refractivity contribution in [3.8, 4) is 0 Å². The Kier molecular flexibility index (Phi) is 2.33. The lowest BCUT2D eigenvalue weighted by atomic mass is 10.0. The van der Waals surface area contributed by atoms with Crippen LogP contribution in [0.1, 0.15) is 6.92 Å². The van der Waals surface area contributed by atoms with Crippen LogP contribution in [0.25, 0.3) is 0 Å². The molecule has 13 heavy (non-hydrogen) atoms. The van der Waals surface area contributed by atoms with Gasteiger partial charge in [-0.15, -0.1) is 0 Å². The third-order valence-corrected chi connectivity index (χ3v) is 4.93. The van der Waals surface area contributed by atoms with Crippen molar-refractivity contribution in [2.75, 3.05) is 31.9 Å². The van der Waals surface area contributed by atoms with Crippen LogP contribution in [0.2, 0.25) is 0 Å². The highest BCUT2D eigenvalue weighted by molar-refractivity contribution is 7.89. The Labute approximate surface area is 79.4 Å². The average molecular weight is 204 g/mol. The summed E-state index contributed by atoms with van der Waals surface area (Å²) in [4.78, 5) is 0. The first kappa shape index (κ1) is 9.43. The molecule has 0 bridgehead atoms. The molecule has 0 aromatic carbocycles. The van der Waals surface area contributed by atoms with Crippen LogP contribution in [0.3, 0.4) is 0 Å². The molecular weight excluding hydrogens is 188 g/mol. The first-order valence-corrected chi connectivity index (χ1v) is 6.43. The van der Waals surface area contributed by atoms with Crippen LogP contribution in [0.5, 0.6) is 0 Å². The van der Waals surface area contributed by atoms with Crippen LogP contribution in [0.4, 0.5) is 0 Å². The summed E-state index contributed by atoms with van der Waals surface area (Å²) in [5.41, 5.74) is 0. The number of hydrogen-bond acceptors (Lipinski definition) is 3. The molecule has 2 aliphatic rings. The SMILES string of the molecule is CCS(=O)(=O)N1CC2CNCC2C1. The van der Waals surface area contributed by atoms with Crippen molar-refractivity contribution in [3.05, 3.63) is 0 Å². The highest BCUT2D eigenvalue weighted by Gasteiger charge is 2.40. The summed E-state index contributed by atoms with van der Waals surface area (Å²) in [6.45, 7) is 5.14. The van der Waals surface area contributed by atoms with Crippen LogP contribution in [-0.4, -0.2) is 44.7 Å². The van der Waals surface area contributed by atoms with E-state index in [-0.39, 0.29) is 5.75 Å². The van der Waals surface area contributed by atoms with Gasteiger partial charge in [0.15, 0.2) is 0 Å². The zero-order chi connectivity index (χ0) is 9.47. The molecule has 2 saturated heterocycles. The zero-order valence-corrected chi connectivity index (χ0v) is 8.68. The number of nitrogens with one attached hydrogen (secondary N) is 1. The molecular formula is C8H16N2O2S. The first-order valence-electron chi connectivity index (χ1n) is 4.82. The minimum Gasteiger partial charge on any atom is -0.316 e. The maximum atomic E-state index is 11.5. The minimum atomic E-state index is -2.93. The molecule has 0 amide bonds. The summed E-state index contributed by atoms with van der Waals surface area (Å²) >= 11 is 0. The van der Waals surface area contributed by atoms with Gasteiger partial charge < -0.3 is 5.32 Å². The molecule has 1 N–H and O–H groups in total. The number of fused-ring (bicyclic) bond motifs is 1. The van der Waals surface area contributed by atoms with E-state index >= 15 is 0 Å². The molecule has 5 heteroatoms. The predicted molar refractivity (Wildman–Crippen MR) is 50.9 cm³/mol. The normalized spacial score (nSPS) is 35.2. The lowest BCUT2D eigenvalue weighted by molar-refractivity contribution is 0.449. The number of nitrogens with zero attached hydrogens (tertiary/aromatic N) is 1. The van der Waals surface area contributed by atoms with E-state index in [4.69, 9.17) is 0 Å². The van der Waals surface area contributed by atoms with E-state index in [1.807, 2.05) is 0 Å². The Morgan fingerprint density at radius 2 is 1.85 bits per heavy atom. The molecule has 2 rings (SSSR count). The van der Waals surface area contributed by atoms with E-state index in [1.54, 1.807) is 11.2 Å². The first-order chi connectivity index (χ1) is 6.13. The van der Waals surface area contributed by atoms with E-state index < -0.39 is 10.0 Å². The molecule has 0 saturated carbocycles. The molecule has 2 fully saturated rings. The van der Waals surface area contributed by atoms with Gasteiger partial charge in [-0.05, 0) is 31.8 Å². The summed E-state index contributed by atoms with van der Waals surface area (Å²) < 4.78 is 24.7. The van der Waals surface area contributed by atoms with Crippen molar-refractivity contribution < 1.29 is 8.42 Å². The third-order valence-electron chi connectivity index (χ3n) is 3.11. The molecule has 76 valence electrons. The highest BCUT2D eigenvalue weighted by atomic mass is 32.2. The monoisotopic (exact) mass is 204 g/mol. The summed E-state index contributed by atoms with van der Waals surface area (Å²) in [6, 6.07) is 0. The topological polar surface area (TPSA) is 49.4 Å². The fourth-order valence-electron chi connectivity index (χ4n) is 2.22. The second-order valence-electron chi connectivity index (χ2n) is 3.90. The van der Waals surface area contributed by atoms with Crippen LogP contribution in [0, 0.1) is 11.8 Å². The highest BCUT2D eigenvalue weighted by Crippen LogP contribution is 2.28. The van der Waals surface area contributed by atoms with Crippen molar-refractivity contribution in [2.45, 2.75) is 6.92 Å². The summed E-state index contributed by atoms with van der Waals surface area (Å²) in [5.74, 6) is 1.35. The van der Waals surface area contributed by atoms with Gasteiger partial charge in [0.05, 0.1) is 5.75 Å². The van der Waals surface area contributed by atoms with Crippen LogP contribution >= 0.6 is 0 Å². The van der Waals surface area contributed by atoms with Gasteiger partial charge in [0, 0.05) is 13.1 Å². The standard InChI is InChI=1S/C8H16N2O2S/c1-2-13(11,12)10-5-7-3-9-4-8(7)6-10/h7-9H,2-6H2,1H3. The predicted octanol–water partition coefficient (Wildman–Crippen LogP) is -0.513. The van der Waals surface area contributed by atoms with Gasteiger partial charge >= 0.3 is 0 Å². The number of sulfonamides is 1. The van der Waals surface area contributed by atoms with Crippen molar-refractivity contribution in [2.24, 2.45) is 11.8 Å². The van der Waals surface area contributed by atoms with E-state index in [0.717, 1.165) is 26.2 Å². The van der Waals surface area contributed by atoms with Gasteiger partial charge in [-0.1, -0.05) is 0 Å². The van der Waals surface area contributed by atoms with Gasteiger partial charge in [0.1, 0.15) is 0 Å². The Morgan fingerprint density at radius 1 is 1.31 bits per heavy atom. The fourth-order valence-corrected chi connectivity index (χ4v) is 3.42. The molecule has 0 aliphatic carbocycles. The Balaban J connectivity index is 2.07. The largest absolute Gasteiger partial charge is 0.316 e. The van der Waals surface area contributed by atoms with Crippen LogP contribution in [-0.2, 0) is 10.0 Å². The van der Waals surface area contributed by atoms with Crippen molar-refractivity contribution in [1.82, 2.24) is 9.62 Å². The van der Waals surface area contributed by atoms with Crippen molar-refractivity contribution >= 4 is 10.0 Å². The maximum absolute atomic E-state index is 11.5. The molecule has 0 radical (unpaired) electrons. The quantitative estimate of drug-likeness (QED) is 0.659. The Bertz CT molecular complexity index is 277. The van der Waals surface area contributed by atoms with Gasteiger partial charge in [-0.3, -0.25) is 0 Å². The number of hydrogen-bond donors (Lipinski definition) is 1. The fraction of sp³-hybridized carbons (Fsp3) is 1.00. The molecule has 0 aromatic heterocycles. The molecule has 0 spiro atoms. The lowest BCUT2D eigenvalue weighted by Gasteiger charge is -2.15. The molecule has 2 unspecified atom stereocenters. The van der Waals surface area contributed by atoms with Crippen LogP contribution < -0.4 is 5.32 Å². The van der Waals surface area contributed by atoms with Gasteiger partial charge in [-0.25, -0.2) is 12.7 Å². The van der Waals surface area contributed by atoms with E-state index in [9.17, 15) is 8.42 Å². The van der Waals surface area contributed by atoms with Gasteiger partial charge in [0.25, 0.3) is 0 Å². The Morgan fingerprint density at radius 3 is 2.31 bits per heavy atom. The molecule has 4 nitrogen and oxygen atoms in total. The zero-order valence-electron chi connectivity index (χ0n) is 7.86. The van der Waals surface area contributed by atoms with Gasteiger partial charge in [-0.2, -0.15) is 0 Å². The minimum absolute atomic E-state index is 0.236. The third kappa shape index (κ3) is 1.60. The Hall–Kier alpha value is -0.130. The smallest absolute Gasteiger partial charge is 0.213 e. The maximum Gasteiger partial charge on any atom is 0.213 e.